The zero-order chi connectivity index (χ0) is 13.3. The molecule has 1 saturated carbocycles. The Kier molecular flexibility index (Phi) is 3.06. The summed E-state index contributed by atoms with van der Waals surface area (Å²) in [4.78, 5) is 0. The predicted molar refractivity (Wildman–Crippen MR) is 70.6 cm³/mol. The Labute approximate surface area is 111 Å². The van der Waals surface area contributed by atoms with Gasteiger partial charge in [-0.05, 0) is 37.8 Å². The molecule has 0 radical (unpaired) electrons. The number of nitrogens with two attached hydrogens (primary N) is 1. The smallest absolute Gasteiger partial charge is 0.154 e. The zero-order valence-electron chi connectivity index (χ0n) is 10.7. The van der Waals surface area contributed by atoms with Crippen molar-refractivity contribution in [3.05, 3.63) is 42.2 Å². The number of hydrogen-bond donors (Lipinski definition) is 1. The normalized spacial score (nSPS) is 27.4. The lowest BCUT2D eigenvalue weighted by atomic mass is 9.82. The molecule has 0 atom stereocenters. The Morgan fingerprint density at radius 3 is 2.58 bits per heavy atom. The van der Waals surface area contributed by atoms with Gasteiger partial charge in [0, 0.05) is 6.04 Å². The second-order valence-corrected chi connectivity index (χ2v) is 5.17. The van der Waals surface area contributed by atoms with Gasteiger partial charge in [-0.1, -0.05) is 23.4 Å². The van der Waals surface area contributed by atoms with E-state index in [1.165, 1.54) is 6.20 Å². The van der Waals surface area contributed by atoms with Crippen molar-refractivity contribution in [3.63, 3.8) is 0 Å². The van der Waals surface area contributed by atoms with Gasteiger partial charge < -0.3 is 5.73 Å². The number of rotatable bonds is 2. The first-order valence-electron chi connectivity index (χ1n) is 6.60. The Hall–Kier alpha value is -1.75. The van der Waals surface area contributed by atoms with Crippen LogP contribution in [0.25, 0.3) is 5.69 Å². The molecule has 100 valence electrons. The van der Waals surface area contributed by atoms with Gasteiger partial charge in [-0.15, -0.1) is 5.10 Å². The van der Waals surface area contributed by atoms with Crippen LogP contribution in [0.2, 0.25) is 0 Å². The SMILES string of the molecule is NC1CCC(F)(c2cnnn2-c2ccccc2)CC1. The summed E-state index contributed by atoms with van der Waals surface area (Å²) in [5.41, 5.74) is 5.86. The molecule has 1 aromatic heterocycles. The lowest BCUT2D eigenvalue weighted by Crippen LogP contribution is -2.35. The molecule has 4 nitrogen and oxygen atoms in total. The van der Waals surface area contributed by atoms with E-state index in [0.29, 0.717) is 31.4 Å². The van der Waals surface area contributed by atoms with Crippen LogP contribution < -0.4 is 5.73 Å². The molecule has 19 heavy (non-hydrogen) atoms. The standard InChI is InChI=1S/C14H17FN4/c15-14(8-6-11(16)7-9-14)13-10-17-18-19(13)12-4-2-1-3-5-12/h1-5,10-11H,6-9,16H2. The Morgan fingerprint density at radius 2 is 1.89 bits per heavy atom. The first-order chi connectivity index (χ1) is 9.19. The van der Waals surface area contributed by atoms with Crippen LogP contribution >= 0.6 is 0 Å². The molecule has 0 bridgehead atoms. The maximum atomic E-state index is 15.1. The molecular formula is C14H17FN4. The van der Waals surface area contributed by atoms with Crippen molar-refractivity contribution in [3.8, 4) is 5.69 Å². The van der Waals surface area contributed by atoms with Crippen molar-refractivity contribution in [2.24, 2.45) is 5.73 Å². The topological polar surface area (TPSA) is 56.7 Å². The third kappa shape index (κ3) is 2.26. The summed E-state index contributed by atoms with van der Waals surface area (Å²) in [6.45, 7) is 0. The number of alkyl halides is 1. The minimum Gasteiger partial charge on any atom is -0.328 e. The molecule has 0 amide bonds. The first kappa shape index (κ1) is 12.3. The summed E-state index contributed by atoms with van der Waals surface area (Å²) >= 11 is 0. The fourth-order valence-corrected chi connectivity index (χ4v) is 2.65. The second kappa shape index (κ2) is 4.74. The monoisotopic (exact) mass is 260 g/mol. The van der Waals surface area contributed by atoms with Gasteiger partial charge in [0.2, 0.25) is 0 Å². The molecular weight excluding hydrogens is 243 g/mol. The van der Waals surface area contributed by atoms with Crippen LogP contribution in [0.3, 0.4) is 0 Å². The highest BCUT2D eigenvalue weighted by molar-refractivity contribution is 5.33. The fraction of sp³-hybridized carbons (Fsp3) is 0.429. The van der Waals surface area contributed by atoms with E-state index in [-0.39, 0.29) is 6.04 Å². The van der Waals surface area contributed by atoms with Crippen molar-refractivity contribution in [1.82, 2.24) is 15.0 Å². The number of para-hydroxylation sites is 1. The van der Waals surface area contributed by atoms with E-state index >= 15 is 4.39 Å². The molecule has 1 aliphatic carbocycles. The van der Waals surface area contributed by atoms with E-state index in [1.54, 1.807) is 4.68 Å². The van der Waals surface area contributed by atoms with Crippen LogP contribution in [0, 0.1) is 0 Å². The Morgan fingerprint density at radius 1 is 1.21 bits per heavy atom. The van der Waals surface area contributed by atoms with Crippen molar-refractivity contribution >= 4 is 0 Å². The minimum absolute atomic E-state index is 0.116. The molecule has 2 N–H and O–H groups in total. The van der Waals surface area contributed by atoms with E-state index in [2.05, 4.69) is 10.3 Å². The maximum Gasteiger partial charge on any atom is 0.154 e. The summed E-state index contributed by atoms with van der Waals surface area (Å²) in [6.07, 6.45) is 3.82. The molecule has 0 saturated heterocycles. The molecule has 1 fully saturated rings. The average Bonchev–Trinajstić information content (AvgIpc) is 2.93. The first-order valence-corrected chi connectivity index (χ1v) is 6.60. The zero-order valence-corrected chi connectivity index (χ0v) is 10.7. The summed E-state index contributed by atoms with van der Waals surface area (Å²) in [6, 6.07) is 9.65. The highest BCUT2D eigenvalue weighted by Gasteiger charge is 2.39. The number of hydrogen-bond acceptors (Lipinski definition) is 3. The summed E-state index contributed by atoms with van der Waals surface area (Å²) in [5, 5.41) is 7.90. The largest absolute Gasteiger partial charge is 0.328 e. The quantitative estimate of drug-likeness (QED) is 0.901. The summed E-state index contributed by atoms with van der Waals surface area (Å²) in [7, 11) is 0. The minimum atomic E-state index is -1.37. The van der Waals surface area contributed by atoms with Crippen molar-refractivity contribution < 1.29 is 4.39 Å². The Bertz CT molecular complexity index is 544. The lowest BCUT2D eigenvalue weighted by Gasteiger charge is -2.32. The van der Waals surface area contributed by atoms with E-state index < -0.39 is 5.67 Å². The molecule has 0 unspecified atom stereocenters. The van der Waals surface area contributed by atoms with Gasteiger partial charge in [0.25, 0.3) is 0 Å². The van der Waals surface area contributed by atoms with Crippen molar-refractivity contribution in [2.75, 3.05) is 0 Å². The van der Waals surface area contributed by atoms with Crippen molar-refractivity contribution in [2.45, 2.75) is 37.4 Å². The van der Waals surface area contributed by atoms with Gasteiger partial charge in [-0.2, -0.15) is 0 Å². The highest BCUT2D eigenvalue weighted by Crippen LogP contribution is 2.40. The molecule has 5 heteroatoms. The predicted octanol–water partition coefficient (Wildman–Crippen LogP) is 2.33. The molecule has 0 aliphatic heterocycles. The van der Waals surface area contributed by atoms with Crippen LogP contribution in [0.15, 0.2) is 36.5 Å². The lowest BCUT2D eigenvalue weighted by molar-refractivity contribution is 0.0901. The molecule has 2 aromatic rings. The van der Waals surface area contributed by atoms with Gasteiger partial charge >= 0.3 is 0 Å². The second-order valence-electron chi connectivity index (χ2n) is 5.17. The third-order valence-electron chi connectivity index (χ3n) is 3.83. The third-order valence-corrected chi connectivity index (χ3v) is 3.83. The maximum absolute atomic E-state index is 15.1. The van der Waals surface area contributed by atoms with Gasteiger partial charge in [0.1, 0.15) is 5.69 Å². The van der Waals surface area contributed by atoms with Gasteiger partial charge in [-0.3, -0.25) is 0 Å². The molecule has 1 aliphatic rings. The summed E-state index contributed by atoms with van der Waals surface area (Å²) < 4.78 is 16.7. The number of aromatic nitrogens is 3. The van der Waals surface area contributed by atoms with Crippen LogP contribution in [-0.4, -0.2) is 21.0 Å². The number of nitrogens with zero attached hydrogens (tertiary/aromatic N) is 3. The van der Waals surface area contributed by atoms with Crippen LogP contribution in [0.5, 0.6) is 0 Å². The molecule has 0 spiro atoms. The van der Waals surface area contributed by atoms with Crippen LogP contribution in [0.1, 0.15) is 31.4 Å². The number of halogens is 1. The van der Waals surface area contributed by atoms with Crippen LogP contribution in [-0.2, 0) is 5.67 Å². The van der Waals surface area contributed by atoms with Crippen LogP contribution in [0.4, 0.5) is 4.39 Å². The van der Waals surface area contributed by atoms with Crippen molar-refractivity contribution in [1.29, 1.82) is 0 Å². The molecule has 1 heterocycles. The van der Waals surface area contributed by atoms with E-state index in [0.717, 1.165) is 5.69 Å². The molecule has 1 aromatic carbocycles. The van der Waals surface area contributed by atoms with Gasteiger partial charge in [0.15, 0.2) is 5.67 Å². The van der Waals surface area contributed by atoms with Gasteiger partial charge in [-0.25, -0.2) is 9.07 Å². The van der Waals surface area contributed by atoms with E-state index in [1.807, 2.05) is 30.3 Å². The van der Waals surface area contributed by atoms with E-state index in [4.69, 9.17) is 5.73 Å². The average molecular weight is 260 g/mol. The number of benzene rings is 1. The van der Waals surface area contributed by atoms with Gasteiger partial charge in [0.05, 0.1) is 11.9 Å². The Balaban J connectivity index is 1.96. The fourth-order valence-electron chi connectivity index (χ4n) is 2.65. The molecule has 3 rings (SSSR count). The van der Waals surface area contributed by atoms with E-state index in [9.17, 15) is 0 Å². The highest BCUT2D eigenvalue weighted by atomic mass is 19.1. The summed E-state index contributed by atoms with van der Waals surface area (Å²) in [5.74, 6) is 0.